The molecule has 98 valence electrons. The number of hydrogen-bond donors (Lipinski definition) is 1. The van der Waals surface area contributed by atoms with Crippen molar-refractivity contribution in [3.63, 3.8) is 0 Å². The highest BCUT2D eigenvalue weighted by atomic mass is 16.3. The first-order valence-corrected chi connectivity index (χ1v) is 6.31. The highest BCUT2D eigenvalue weighted by molar-refractivity contribution is 5.83. The number of nitrogens with zero attached hydrogens (tertiary/aromatic N) is 2. The molecule has 0 atom stereocenters. The van der Waals surface area contributed by atoms with Crippen molar-refractivity contribution in [2.75, 3.05) is 25.0 Å². The number of anilines is 1. The van der Waals surface area contributed by atoms with Crippen LogP contribution in [0.15, 0.2) is 59.6 Å². The van der Waals surface area contributed by atoms with E-state index in [4.69, 9.17) is 0 Å². The first-order chi connectivity index (χ1) is 9.27. The van der Waals surface area contributed by atoms with Gasteiger partial charge in [0.25, 0.3) is 0 Å². The molecule has 0 spiro atoms. The molecule has 0 amide bonds. The fourth-order valence-corrected chi connectivity index (χ4v) is 1.78. The lowest BCUT2D eigenvalue weighted by Gasteiger charge is -2.17. The molecular weight excluding hydrogens is 236 g/mol. The van der Waals surface area contributed by atoms with Crippen LogP contribution in [0.3, 0.4) is 0 Å². The molecule has 0 saturated heterocycles. The van der Waals surface area contributed by atoms with Crippen molar-refractivity contribution in [2.24, 2.45) is 4.99 Å². The second-order valence-corrected chi connectivity index (χ2v) is 4.35. The van der Waals surface area contributed by atoms with Crippen LogP contribution in [-0.4, -0.2) is 31.5 Å². The average molecular weight is 254 g/mol. The van der Waals surface area contributed by atoms with Crippen molar-refractivity contribution in [1.82, 2.24) is 0 Å². The van der Waals surface area contributed by atoms with Crippen molar-refractivity contribution in [3.05, 3.63) is 60.2 Å². The Hall–Kier alpha value is -2.29. The number of benzene rings is 2. The zero-order valence-electron chi connectivity index (χ0n) is 11.0. The summed E-state index contributed by atoms with van der Waals surface area (Å²) in [6, 6.07) is 17.4. The largest absolute Gasteiger partial charge is 0.507 e. The van der Waals surface area contributed by atoms with Gasteiger partial charge in [0.05, 0.1) is 6.54 Å². The minimum absolute atomic E-state index is 0.266. The number of para-hydroxylation sites is 2. The van der Waals surface area contributed by atoms with Crippen LogP contribution in [0.2, 0.25) is 0 Å². The Kier molecular flexibility index (Phi) is 4.56. The third-order valence-electron chi connectivity index (χ3n) is 2.93. The van der Waals surface area contributed by atoms with E-state index in [1.165, 1.54) is 5.69 Å². The van der Waals surface area contributed by atoms with Crippen LogP contribution in [0.25, 0.3) is 0 Å². The third-order valence-corrected chi connectivity index (χ3v) is 2.93. The van der Waals surface area contributed by atoms with Crippen molar-refractivity contribution in [2.45, 2.75) is 0 Å². The smallest absolute Gasteiger partial charge is 0.124 e. The van der Waals surface area contributed by atoms with Gasteiger partial charge in [0, 0.05) is 31.1 Å². The van der Waals surface area contributed by atoms with Crippen LogP contribution in [0.1, 0.15) is 5.56 Å². The van der Waals surface area contributed by atoms with Gasteiger partial charge in [-0.3, -0.25) is 4.99 Å². The lowest BCUT2D eigenvalue weighted by atomic mass is 10.2. The molecule has 0 aliphatic carbocycles. The van der Waals surface area contributed by atoms with Crippen molar-refractivity contribution >= 4 is 11.9 Å². The molecule has 2 aromatic carbocycles. The summed E-state index contributed by atoms with van der Waals surface area (Å²) in [7, 11) is 2.05. The molecule has 0 radical (unpaired) electrons. The number of aliphatic imine (C=N–C) groups is 1. The lowest BCUT2D eigenvalue weighted by molar-refractivity contribution is 0.474. The van der Waals surface area contributed by atoms with E-state index < -0.39 is 0 Å². The van der Waals surface area contributed by atoms with E-state index in [0.29, 0.717) is 6.54 Å². The van der Waals surface area contributed by atoms with Crippen LogP contribution in [0.5, 0.6) is 5.75 Å². The van der Waals surface area contributed by atoms with Crippen LogP contribution >= 0.6 is 0 Å². The van der Waals surface area contributed by atoms with E-state index in [2.05, 4.69) is 22.0 Å². The normalized spacial score (nSPS) is 10.8. The van der Waals surface area contributed by atoms with Gasteiger partial charge < -0.3 is 10.0 Å². The molecule has 0 aliphatic rings. The van der Waals surface area contributed by atoms with E-state index >= 15 is 0 Å². The molecule has 0 saturated carbocycles. The zero-order valence-corrected chi connectivity index (χ0v) is 11.0. The van der Waals surface area contributed by atoms with Gasteiger partial charge >= 0.3 is 0 Å². The third kappa shape index (κ3) is 3.85. The van der Waals surface area contributed by atoms with Gasteiger partial charge in [-0.05, 0) is 24.3 Å². The van der Waals surface area contributed by atoms with Gasteiger partial charge in [0.15, 0.2) is 0 Å². The van der Waals surface area contributed by atoms with Crippen LogP contribution in [0.4, 0.5) is 5.69 Å². The predicted octanol–water partition coefficient (Wildman–Crippen LogP) is 2.95. The average Bonchev–Trinajstić information content (AvgIpc) is 2.46. The minimum Gasteiger partial charge on any atom is -0.507 e. The lowest BCUT2D eigenvalue weighted by Crippen LogP contribution is -2.20. The molecule has 0 aromatic heterocycles. The molecule has 2 aromatic rings. The Labute approximate surface area is 113 Å². The van der Waals surface area contributed by atoms with Crippen LogP contribution < -0.4 is 4.90 Å². The fraction of sp³-hybridized carbons (Fsp3) is 0.188. The van der Waals surface area contributed by atoms with Crippen LogP contribution in [0, 0.1) is 0 Å². The molecule has 1 N–H and O–H groups in total. The Bertz CT molecular complexity index is 537. The molecule has 0 aliphatic heterocycles. The van der Waals surface area contributed by atoms with E-state index in [1.54, 1.807) is 18.3 Å². The molecule has 0 unspecified atom stereocenters. The summed E-state index contributed by atoms with van der Waals surface area (Å²) in [5.41, 5.74) is 1.94. The second kappa shape index (κ2) is 6.59. The van der Waals surface area contributed by atoms with Gasteiger partial charge in [-0.25, -0.2) is 0 Å². The Morgan fingerprint density at radius 1 is 1.05 bits per heavy atom. The predicted molar refractivity (Wildman–Crippen MR) is 80.3 cm³/mol. The highest BCUT2D eigenvalue weighted by Gasteiger charge is 1.98. The molecule has 19 heavy (non-hydrogen) atoms. The number of phenols is 1. The van der Waals surface area contributed by atoms with Gasteiger partial charge in [0.2, 0.25) is 0 Å². The monoisotopic (exact) mass is 254 g/mol. The van der Waals surface area contributed by atoms with E-state index in [1.807, 2.05) is 37.4 Å². The standard InChI is InChI=1S/C16H18N2O/c1-18(15-8-3-2-4-9-15)12-11-17-13-14-7-5-6-10-16(14)19/h2-10,13,19H,11-12H2,1H3. The van der Waals surface area contributed by atoms with Crippen molar-refractivity contribution in [3.8, 4) is 5.75 Å². The number of hydrogen-bond acceptors (Lipinski definition) is 3. The van der Waals surface area contributed by atoms with E-state index in [9.17, 15) is 5.11 Å². The van der Waals surface area contributed by atoms with Gasteiger partial charge in [0.1, 0.15) is 5.75 Å². The van der Waals surface area contributed by atoms with Gasteiger partial charge in [-0.2, -0.15) is 0 Å². The molecule has 3 heteroatoms. The number of aromatic hydroxyl groups is 1. The topological polar surface area (TPSA) is 35.8 Å². The SMILES string of the molecule is CN(CCN=Cc1ccccc1O)c1ccccc1. The second-order valence-electron chi connectivity index (χ2n) is 4.35. The molecule has 3 nitrogen and oxygen atoms in total. The molecular formula is C16H18N2O. The quantitative estimate of drug-likeness (QED) is 0.833. The maximum atomic E-state index is 9.60. The van der Waals surface area contributed by atoms with E-state index in [0.717, 1.165) is 12.1 Å². The summed E-state index contributed by atoms with van der Waals surface area (Å²) in [6.07, 6.45) is 1.72. The number of rotatable bonds is 5. The summed E-state index contributed by atoms with van der Waals surface area (Å²) in [4.78, 5) is 6.50. The summed E-state index contributed by atoms with van der Waals surface area (Å²) < 4.78 is 0. The fourth-order valence-electron chi connectivity index (χ4n) is 1.78. The van der Waals surface area contributed by atoms with Crippen molar-refractivity contribution < 1.29 is 5.11 Å². The first kappa shape index (κ1) is 13.1. The maximum Gasteiger partial charge on any atom is 0.124 e. The van der Waals surface area contributed by atoms with Gasteiger partial charge in [-0.1, -0.05) is 30.3 Å². The highest BCUT2D eigenvalue weighted by Crippen LogP contribution is 2.13. The van der Waals surface area contributed by atoms with Gasteiger partial charge in [-0.15, -0.1) is 0 Å². The molecule has 2 rings (SSSR count). The Morgan fingerprint density at radius 2 is 1.74 bits per heavy atom. The summed E-state index contributed by atoms with van der Waals surface area (Å²) in [6.45, 7) is 1.54. The Morgan fingerprint density at radius 3 is 2.47 bits per heavy atom. The van der Waals surface area contributed by atoms with Crippen molar-refractivity contribution in [1.29, 1.82) is 0 Å². The minimum atomic E-state index is 0.266. The summed E-state index contributed by atoms with van der Waals surface area (Å²) in [5, 5.41) is 9.60. The van der Waals surface area contributed by atoms with Crippen LogP contribution in [-0.2, 0) is 0 Å². The summed E-state index contributed by atoms with van der Waals surface area (Å²) >= 11 is 0. The summed E-state index contributed by atoms with van der Waals surface area (Å²) in [5.74, 6) is 0.266. The maximum absolute atomic E-state index is 9.60. The molecule has 0 heterocycles. The first-order valence-electron chi connectivity index (χ1n) is 6.31. The van der Waals surface area contributed by atoms with E-state index in [-0.39, 0.29) is 5.75 Å². The Balaban J connectivity index is 1.85. The molecule has 0 fully saturated rings. The molecule has 0 bridgehead atoms. The number of phenolic OH excluding ortho intramolecular Hbond substituents is 1. The zero-order chi connectivity index (χ0) is 13.5. The number of likely N-dealkylation sites (N-methyl/N-ethyl adjacent to an activating group) is 1.